The molecule has 0 fully saturated rings. The van der Waals surface area contributed by atoms with Gasteiger partial charge in [-0.2, -0.15) is 0 Å². The largest absolute Gasteiger partial charge is 0.279 e. The molecular weight excluding hydrogens is 182 g/mol. The molecule has 2 aromatic rings. The first kappa shape index (κ1) is 8.44. The summed E-state index contributed by atoms with van der Waals surface area (Å²) in [5, 5.41) is 1.00. The fraction of sp³-hybridized carbons (Fsp3) is 0.333. The van der Waals surface area contributed by atoms with Gasteiger partial charge in [-0.25, -0.2) is 9.97 Å². The second-order valence-corrected chi connectivity index (χ2v) is 4.16. The fourth-order valence-electron chi connectivity index (χ4n) is 1.14. The normalized spacial score (nSPS) is 10.7. The smallest absolute Gasteiger partial charge is 0.195 e. The second kappa shape index (κ2) is 2.96. The van der Waals surface area contributed by atoms with Gasteiger partial charge in [0.15, 0.2) is 5.13 Å². The fourth-order valence-corrected chi connectivity index (χ4v) is 2.08. The van der Waals surface area contributed by atoms with Gasteiger partial charge in [-0.15, -0.1) is 11.3 Å². The van der Waals surface area contributed by atoms with E-state index in [2.05, 4.69) is 16.9 Å². The highest BCUT2D eigenvalue weighted by molar-refractivity contribution is 7.14. The third-order valence-electron chi connectivity index (χ3n) is 2.05. The molecular formula is C9H11N3S. The maximum absolute atomic E-state index is 4.46. The molecule has 13 heavy (non-hydrogen) atoms. The van der Waals surface area contributed by atoms with E-state index in [0.717, 1.165) is 16.6 Å². The van der Waals surface area contributed by atoms with Crippen molar-refractivity contribution in [1.29, 1.82) is 0 Å². The molecule has 68 valence electrons. The van der Waals surface area contributed by atoms with Gasteiger partial charge in [-0.3, -0.25) is 4.57 Å². The Morgan fingerprint density at radius 3 is 2.54 bits per heavy atom. The van der Waals surface area contributed by atoms with E-state index in [1.54, 1.807) is 17.5 Å². The van der Waals surface area contributed by atoms with Crippen LogP contribution in [0.5, 0.6) is 0 Å². The lowest BCUT2D eigenvalue weighted by atomic mass is 10.4. The Morgan fingerprint density at radius 2 is 2.08 bits per heavy atom. The molecule has 0 atom stereocenters. The van der Waals surface area contributed by atoms with Gasteiger partial charge >= 0.3 is 0 Å². The van der Waals surface area contributed by atoms with Crippen LogP contribution in [0.3, 0.4) is 0 Å². The highest BCUT2D eigenvalue weighted by atomic mass is 32.1. The number of hydrogen-bond acceptors (Lipinski definition) is 3. The molecule has 0 aliphatic rings. The van der Waals surface area contributed by atoms with Gasteiger partial charge in [0.2, 0.25) is 0 Å². The summed E-state index contributed by atoms with van der Waals surface area (Å²) in [4.78, 5) is 9.88. The SMILES string of the molecule is Cc1nc(-n2ccnc2C)sc1C. The molecule has 0 unspecified atom stereocenters. The van der Waals surface area contributed by atoms with Crippen molar-refractivity contribution in [2.45, 2.75) is 20.8 Å². The maximum Gasteiger partial charge on any atom is 0.195 e. The highest BCUT2D eigenvalue weighted by Gasteiger charge is 2.06. The molecule has 2 heterocycles. The van der Waals surface area contributed by atoms with Crippen LogP contribution in [0.2, 0.25) is 0 Å². The highest BCUT2D eigenvalue weighted by Crippen LogP contribution is 2.20. The minimum Gasteiger partial charge on any atom is -0.279 e. The maximum atomic E-state index is 4.46. The van der Waals surface area contributed by atoms with E-state index in [1.807, 2.05) is 24.6 Å². The molecule has 0 aliphatic carbocycles. The van der Waals surface area contributed by atoms with E-state index in [-0.39, 0.29) is 0 Å². The topological polar surface area (TPSA) is 30.7 Å². The lowest BCUT2D eigenvalue weighted by Crippen LogP contribution is -1.94. The van der Waals surface area contributed by atoms with E-state index in [9.17, 15) is 0 Å². The van der Waals surface area contributed by atoms with Crippen LogP contribution in [0.25, 0.3) is 5.13 Å². The molecule has 0 spiro atoms. The van der Waals surface area contributed by atoms with Crippen LogP contribution in [-0.4, -0.2) is 14.5 Å². The molecule has 0 amide bonds. The lowest BCUT2D eigenvalue weighted by molar-refractivity contribution is 0.952. The standard InChI is InChI=1S/C9H11N3S/c1-6-7(2)13-9(11-6)12-5-4-10-8(12)3/h4-5H,1-3H3. The quantitative estimate of drug-likeness (QED) is 0.695. The summed E-state index contributed by atoms with van der Waals surface area (Å²) in [6.07, 6.45) is 3.73. The third-order valence-corrected chi connectivity index (χ3v) is 3.12. The number of thiazole rings is 1. The Kier molecular flexibility index (Phi) is 1.92. The van der Waals surface area contributed by atoms with Crippen molar-refractivity contribution in [3.63, 3.8) is 0 Å². The number of aryl methyl sites for hydroxylation is 3. The predicted molar refractivity (Wildman–Crippen MR) is 53.4 cm³/mol. The van der Waals surface area contributed by atoms with Crippen molar-refractivity contribution in [2.24, 2.45) is 0 Å². The van der Waals surface area contributed by atoms with Crippen molar-refractivity contribution in [1.82, 2.24) is 14.5 Å². The summed E-state index contributed by atoms with van der Waals surface area (Å²) < 4.78 is 2.00. The molecule has 4 heteroatoms. The average molecular weight is 193 g/mol. The van der Waals surface area contributed by atoms with E-state index in [1.165, 1.54) is 4.88 Å². The molecule has 0 bridgehead atoms. The van der Waals surface area contributed by atoms with Gasteiger partial charge in [0.1, 0.15) is 5.82 Å². The van der Waals surface area contributed by atoms with Crippen molar-refractivity contribution in [3.05, 3.63) is 28.8 Å². The molecule has 3 nitrogen and oxygen atoms in total. The van der Waals surface area contributed by atoms with Gasteiger partial charge in [0.25, 0.3) is 0 Å². The van der Waals surface area contributed by atoms with E-state index in [4.69, 9.17) is 0 Å². The Balaban J connectivity index is 2.53. The van der Waals surface area contributed by atoms with Crippen molar-refractivity contribution in [3.8, 4) is 5.13 Å². The Labute approximate surface area is 81.1 Å². The van der Waals surface area contributed by atoms with Crippen LogP contribution in [0.4, 0.5) is 0 Å². The summed E-state index contributed by atoms with van der Waals surface area (Å²) in [5.74, 6) is 0.980. The Morgan fingerprint density at radius 1 is 1.31 bits per heavy atom. The van der Waals surface area contributed by atoms with Crippen LogP contribution in [0.15, 0.2) is 12.4 Å². The van der Waals surface area contributed by atoms with Crippen LogP contribution in [0.1, 0.15) is 16.4 Å². The van der Waals surface area contributed by atoms with Gasteiger partial charge in [0.05, 0.1) is 5.69 Å². The number of nitrogens with zero attached hydrogens (tertiary/aromatic N) is 3. The van der Waals surface area contributed by atoms with E-state index >= 15 is 0 Å². The summed E-state index contributed by atoms with van der Waals surface area (Å²) in [7, 11) is 0. The molecule has 0 N–H and O–H groups in total. The number of imidazole rings is 1. The summed E-state index contributed by atoms with van der Waals surface area (Å²) in [6.45, 7) is 6.09. The van der Waals surface area contributed by atoms with Crippen LogP contribution >= 0.6 is 11.3 Å². The molecule has 2 rings (SSSR count). The van der Waals surface area contributed by atoms with Crippen LogP contribution in [-0.2, 0) is 0 Å². The number of aromatic nitrogens is 3. The molecule has 0 radical (unpaired) electrons. The summed E-state index contributed by atoms with van der Waals surface area (Å²) in [5.41, 5.74) is 1.10. The number of rotatable bonds is 1. The minimum atomic E-state index is 0.980. The first-order valence-electron chi connectivity index (χ1n) is 4.13. The molecule has 0 aliphatic heterocycles. The summed E-state index contributed by atoms with van der Waals surface area (Å²) in [6, 6.07) is 0. The molecule has 0 saturated heterocycles. The number of hydrogen-bond donors (Lipinski definition) is 0. The second-order valence-electron chi connectivity index (χ2n) is 2.98. The zero-order chi connectivity index (χ0) is 9.42. The van der Waals surface area contributed by atoms with Crippen LogP contribution < -0.4 is 0 Å². The Hall–Kier alpha value is -1.16. The first-order valence-corrected chi connectivity index (χ1v) is 4.94. The van der Waals surface area contributed by atoms with Crippen molar-refractivity contribution >= 4 is 11.3 Å². The molecule has 2 aromatic heterocycles. The monoisotopic (exact) mass is 193 g/mol. The van der Waals surface area contributed by atoms with Crippen molar-refractivity contribution < 1.29 is 0 Å². The zero-order valence-electron chi connectivity index (χ0n) is 7.90. The average Bonchev–Trinajstić information content (AvgIpc) is 2.60. The zero-order valence-corrected chi connectivity index (χ0v) is 8.72. The predicted octanol–water partition coefficient (Wildman–Crippen LogP) is 2.25. The minimum absolute atomic E-state index is 0.980. The van der Waals surface area contributed by atoms with Gasteiger partial charge < -0.3 is 0 Å². The van der Waals surface area contributed by atoms with Crippen LogP contribution in [0, 0.1) is 20.8 Å². The van der Waals surface area contributed by atoms with Gasteiger partial charge in [0, 0.05) is 17.3 Å². The van der Waals surface area contributed by atoms with Gasteiger partial charge in [-0.1, -0.05) is 0 Å². The summed E-state index contributed by atoms with van der Waals surface area (Å²) >= 11 is 1.70. The molecule has 0 aromatic carbocycles. The Bertz CT molecular complexity index is 408. The van der Waals surface area contributed by atoms with Gasteiger partial charge in [-0.05, 0) is 20.8 Å². The first-order chi connectivity index (χ1) is 6.18. The molecule has 0 saturated carbocycles. The van der Waals surface area contributed by atoms with E-state index < -0.39 is 0 Å². The third kappa shape index (κ3) is 1.37. The van der Waals surface area contributed by atoms with E-state index in [0.29, 0.717) is 0 Å². The van der Waals surface area contributed by atoms with Crippen molar-refractivity contribution in [2.75, 3.05) is 0 Å². The lowest BCUT2D eigenvalue weighted by Gasteiger charge is -1.96.